The van der Waals surface area contributed by atoms with Crippen LogP contribution in [-0.2, 0) is 4.79 Å². The normalized spacial score (nSPS) is 10.8. The fraction of sp³-hybridized carbons (Fsp3) is 0.160. The maximum Gasteiger partial charge on any atom is 0.343 e. The van der Waals surface area contributed by atoms with E-state index < -0.39 is 11.9 Å². The first-order valence-electron chi connectivity index (χ1n) is 10.7. The van der Waals surface area contributed by atoms with Crippen LogP contribution in [0, 0.1) is 0 Å². The zero-order valence-corrected chi connectivity index (χ0v) is 28.4. The van der Waals surface area contributed by atoms with Crippen LogP contribution in [0.4, 0.5) is 0 Å². The van der Waals surface area contributed by atoms with E-state index in [1.54, 1.807) is 24.3 Å². The monoisotopic (exact) mass is 854 g/mol. The Hall–Kier alpha value is -2.13. The minimum atomic E-state index is -0.685. The summed E-state index contributed by atoms with van der Waals surface area (Å²) < 4.78 is 30.5. The van der Waals surface area contributed by atoms with E-state index in [1.807, 2.05) is 0 Å². The van der Waals surface area contributed by atoms with Gasteiger partial charge in [0.2, 0.25) is 5.75 Å². The summed E-state index contributed by atoms with van der Waals surface area (Å²) in [4.78, 5) is 25.4. The second-order valence-corrected chi connectivity index (χ2v) is 11.8. The number of carbonyl (C=O) groups excluding carboxylic acids is 2. The fourth-order valence-corrected chi connectivity index (χ4v) is 6.97. The second kappa shape index (κ2) is 14.5. The summed E-state index contributed by atoms with van der Waals surface area (Å²) in [6, 6.07) is 9.92. The molecule has 3 aromatic carbocycles. The maximum atomic E-state index is 13.1. The van der Waals surface area contributed by atoms with Crippen molar-refractivity contribution in [2.45, 2.75) is 0 Å². The van der Waals surface area contributed by atoms with E-state index >= 15 is 0 Å². The number of nitrogens with zero attached hydrogens (tertiary/aromatic N) is 1. The van der Waals surface area contributed by atoms with Crippen molar-refractivity contribution < 1.29 is 33.3 Å². The highest BCUT2D eigenvalue weighted by Gasteiger charge is 2.21. The first kappa shape index (κ1) is 31.4. The highest BCUT2D eigenvalue weighted by atomic mass is 79.9. The van der Waals surface area contributed by atoms with Crippen LogP contribution in [0.1, 0.15) is 15.9 Å². The molecule has 0 aromatic heterocycles. The van der Waals surface area contributed by atoms with Crippen LogP contribution in [0.15, 0.2) is 63.9 Å². The maximum absolute atomic E-state index is 13.1. The second-order valence-electron chi connectivity index (χ2n) is 7.39. The Bertz CT molecular complexity index is 1380. The van der Waals surface area contributed by atoms with Crippen LogP contribution in [0.3, 0.4) is 0 Å². The summed E-state index contributed by atoms with van der Waals surface area (Å²) >= 11 is 17.0. The Morgan fingerprint density at radius 3 is 1.85 bits per heavy atom. The lowest BCUT2D eigenvalue weighted by atomic mass is 10.1. The third kappa shape index (κ3) is 8.19. The summed E-state index contributed by atoms with van der Waals surface area (Å²) in [6.07, 6.45) is 1.34. The number of nitrogens with one attached hydrogen (secondary N) is 1. The van der Waals surface area contributed by atoms with E-state index in [-0.39, 0.29) is 17.9 Å². The largest absolute Gasteiger partial charge is 0.493 e. The highest BCUT2D eigenvalue weighted by Crippen LogP contribution is 2.39. The van der Waals surface area contributed by atoms with Crippen LogP contribution in [0.2, 0.25) is 0 Å². The molecule has 0 atom stereocenters. The first-order chi connectivity index (χ1) is 18.6. The molecule has 0 saturated heterocycles. The Morgan fingerprint density at radius 1 is 0.769 bits per heavy atom. The Morgan fingerprint density at radius 2 is 1.31 bits per heavy atom. The minimum absolute atomic E-state index is 0.165. The lowest BCUT2D eigenvalue weighted by molar-refractivity contribution is -0.123. The Balaban J connectivity index is 1.76. The van der Waals surface area contributed by atoms with Gasteiger partial charge in [0.25, 0.3) is 5.91 Å². The molecule has 9 nitrogen and oxygen atoms in total. The number of methoxy groups -OCH3 is 3. The molecule has 14 heteroatoms. The van der Waals surface area contributed by atoms with E-state index in [2.05, 4.69) is 90.2 Å². The van der Waals surface area contributed by atoms with Crippen LogP contribution in [-0.4, -0.2) is 46.0 Å². The molecular formula is C25H19Br5N2O7. The predicted octanol–water partition coefficient (Wildman–Crippen LogP) is 7.27. The van der Waals surface area contributed by atoms with Crippen LogP contribution in [0.25, 0.3) is 0 Å². The van der Waals surface area contributed by atoms with Crippen molar-refractivity contribution in [3.63, 3.8) is 0 Å². The van der Waals surface area contributed by atoms with Gasteiger partial charge in [-0.3, -0.25) is 4.79 Å². The lowest BCUT2D eigenvalue weighted by Crippen LogP contribution is -2.24. The highest BCUT2D eigenvalue weighted by molar-refractivity contribution is 9.12. The first-order valence-corrected chi connectivity index (χ1v) is 14.6. The van der Waals surface area contributed by atoms with Gasteiger partial charge < -0.3 is 23.7 Å². The van der Waals surface area contributed by atoms with E-state index in [9.17, 15) is 9.59 Å². The molecule has 3 aromatic rings. The number of esters is 1. The summed E-state index contributed by atoms with van der Waals surface area (Å²) in [5.74, 6) is 0.394. The van der Waals surface area contributed by atoms with Crippen molar-refractivity contribution in [1.82, 2.24) is 5.43 Å². The van der Waals surface area contributed by atoms with Gasteiger partial charge in [-0.25, -0.2) is 10.2 Å². The predicted molar refractivity (Wildman–Crippen MR) is 164 cm³/mol. The fourth-order valence-electron chi connectivity index (χ4n) is 3.15. The van der Waals surface area contributed by atoms with Gasteiger partial charge in [-0.1, -0.05) is 31.9 Å². The molecule has 0 bridgehead atoms. The van der Waals surface area contributed by atoms with E-state index in [0.717, 1.165) is 4.47 Å². The van der Waals surface area contributed by atoms with Gasteiger partial charge in [0.15, 0.2) is 23.9 Å². The number of amides is 1. The lowest BCUT2D eigenvalue weighted by Gasteiger charge is -2.15. The number of rotatable bonds is 10. The number of carbonyl (C=O) groups is 2. The number of halogens is 5. The zero-order chi connectivity index (χ0) is 28.7. The molecule has 206 valence electrons. The number of hydrogen-bond acceptors (Lipinski definition) is 8. The average molecular weight is 859 g/mol. The summed E-state index contributed by atoms with van der Waals surface area (Å²) in [6.45, 7) is -0.290. The van der Waals surface area contributed by atoms with Crippen LogP contribution in [0.5, 0.6) is 28.7 Å². The van der Waals surface area contributed by atoms with Gasteiger partial charge >= 0.3 is 5.97 Å². The molecular weight excluding hydrogens is 840 g/mol. The van der Waals surface area contributed by atoms with Crippen molar-refractivity contribution in [2.24, 2.45) is 5.10 Å². The number of hydrogen-bond donors (Lipinski definition) is 1. The van der Waals surface area contributed by atoms with Crippen LogP contribution < -0.4 is 29.1 Å². The standard InChI is InChI=1S/C25H19Br5N2O7/c1-35-19-5-12(6-20(36-2)24(19)37-3)25(34)39-22-13(4-14(26)7-16(22)28)10-31-32-21(33)11-38-23-17(29)8-15(27)9-18(23)30/h4-10H,11H2,1-3H3,(H,32,33)/b31-10+. The molecule has 0 spiro atoms. The summed E-state index contributed by atoms with van der Waals surface area (Å²) in [5.41, 5.74) is 2.96. The van der Waals surface area contributed by atoms with Gasteiger partial charge in [-0.2, -0.15) is 5.10 Å². The van der Waals surface area contributed by atoms with E-state index in [0.29, 0.717) is 46.5 Å². The summed E-state index contributed by atoms with van der Waals surface area (Å²) in [7, 11) is 4.36. The zero-order valence-electron chi connectivity index (χ0n) is 20.4. The molecule has 0 radical (unpaired) electrons. The number of ether oxygens (including phenoxy) is 5. The molecule has 0 unspecified atom stereocenters. The van der Waals surface area contributed by atoms with Crippen LogP contribution >= 0.6 is 79.6 Å². The van der Waals surface area contributed by atoms with Crippen molar-refractivity contribution >= 4 is 97.7 Å². The van der Waals surface area contributed by atoms with Gasteiger partial charge in [-0.15, -0.1) is 0 Å². The topological polar surface area (TPSA) is 105 Å². The third-order valence-electron chi connectivity index (χ3n) is 4.84. The van der Waals surface area contributed by atoms with Gasteiger partial charge in [0, 0.05) is 14.5 Å². The molecule has 0 fully saturated rings. The molecule has 0 saturated carbocycles. The molecule has 0 heterocycles. The molecule has 3 rings (SSSR count). The molecule has 39 heavy (non-hydrogen) atoms. The van der Waals surface area contributed by atoms with Crippen molar-refractivity contribution in [3.05, 3.63) is 69.9 Å². The third-order valence-corrected chi connectivity index (χ3v) is 7.52. The molecule has 0 aliphatic rings. The summed E-state index contributed by atoms with van der Waals surface area (Å²) in [5, 5.41) is 3.99. The van der Waals surface area contributed by atoms with Gasteiger partial charge in [0.05, 0.1) is 46.5 Å². The smallest absolute Gasteiger partial charge is 0.343 e. The number of hydrazone groups is 1. The Labute approximate surface area is 266 Å². The molecule has 1 amide bonds. The molecule has 1 N–H and O–H groups in total. The Kier molecular flexibility index (Phi) is 11.7. The van der Waals surface area contributed by atoms with E-state index in [4.69, 9.17) is 23.7 Å². The van der Waals surface area contributed by atoms with Crippen molar-refractivity contribution in [3.8, 4) is 28.7 Å². The van der Waals surface area contributed by atoms with E-state index in [1.165, 1.54) is 39.7 Å². The number of benzene rings is 3. The average Bonchev–Trinajstić information content (AvgIpc) is 2.88. The quantitative estimate of drug-likeness (QED) is 0.0991. The van der Waals surface area contributed by atoms with Crippen molar-refractivity contribution in [1.29, 1.82) is 0 Å². The van der Waals surface area contributed by atoms with Crippen molar-refractivity contribution in [2.75, 3.05) is 27.9 Å². The molecule has 0 aliphatic heterocycles. The van der Waals surface area contributed by atoms with Gasteiger partial charge in [-0.05, 0) is 84.2 Å². The minimum Gasteiger partial charge on any atom is -0.493 e. The SMILES string of the molecule is COc1cc(C(=O)Oc2c(Br)cc(Br)cc2/C=N/NC(=O)COc2c(Br)cc(Br)cc2Br)cc(OC)c1OC. The van der Waals surface area contributed by atoms with Gasteiger partial charge in [0.1, 0.15) is 5.75 Å². The molecule has 0 aliphatic carbocycles.